The van der Waals surface area contributed by atoms with Gasteiger partial charge < -0.3 is 9.13 Å². The lowest BCUT2D eigenvalue weighted by Crippen LogP contribution is -2.39. The number of imidazole rings is 1. The molecular weight excluding hydrogens is 232 g/mol. The van der Waals surface area contributed by atoms with E-state index in [0.717, 1.165) is 5.82 Å². The molecule has 0 aliphatic heterocycles. The van der Waals surface area contributed by atoms with E-state index in [0.29, 0.717) is 19.5 Å². The zero-order chi connectivity index (χ0) is 13.1. The molecule has 0 unspecified atom stereocenters. The molecule has 96 valence electrons. The van der Waals surface area contributed by atoms with Gasteiger partial charge in [0.25, 0.3) is 5.56 Å². The fourth-order valence-corrected chi connectivity index (χ4v) is 1.85. The molecule has 18 heavy (non-hydrogen) atoms. The largest absolute Gasteiger partial charge is 0.338 e. The Labute approximate surface area is 104 Å². The Morgan fingerprint density at radius 3 is 2.67 bits per heavy atom. The second-order valence-corrected chi connectivity index (χ2v) is 4.08. The van der Waals surface area contributed by atoms with Gasteiger partial charge in [0.1, 0.15) is 5.82 Å². The van der Waals surface area contributed by atoms with Crippen LogP contribution in [0.2, 0.25) is 0 Å². The standard InChI is InChI=1S/C12H16N4O2/c1-3-15-7-5-11(17)16(12(15)18)8-4-10-13-6-9-14(10)2/h5-7,9H,3-4,8H2,1-2H3. The Morgan fingerprint density at radius 1 is 1.28 bits per heavy atom. The van der Waals surface area contributed by atoms with Gasteiger partial charge in [-0.3, -0.25) is 9.36 Å². The molecule has 2 aromatic heterocycles. The average molecular weight is 248 g/mol. The van der Waals surface area contributed by atoms with Crippen molar-refractivity contribution in [2.75, 3.05) is 0 Å². The first-order valence-corrected chi connectivity index (χ1v) is 5.90. The number of rotatable bonds is 4. The Hall–Kier alpha value is -2.11. The molecule has 6 heteroatoms. The fraction of sp³-hybridized carbons (Fsp3) is 0.417. The molecule has 0 atom stereocenters. The number of hydrogen-bond acceptors (Lipinski definition) is 3. The molecule has 0 aromatic carbocycles. The number of aryl methyl sites for hydroxylation is 3. The summed E-state index contributed by atoms with van der Waals surface area (Å²) in [6.45, 7) is 2.78. The lowest BCUT2D eigenvalue weighted by Gasteiger charge is -2.07. The van der Waals surface area contributed by atoms with Gasteiger partial charge in [-0.05, 0) is 6.92 Å². The SMILES string of the molecule is CCn1ccc(=O)n(CCc2nccn2C)c1=O. The van der Waals surface area contributed by atoms with Gasteiger partial charge in [0.2, 0.25) is 0 Å². The maximum Gasteiger partial charge on any atom is 0.330 e. The fourth-order valence-electron chi connectivity index (χ4n) is 1.85. The second-order valence-electron chi connectivity index (χ2n) is 4.08. The Kier molecular flexibility index (Phi) is 3.45. The summed E-state index contributed by atoms with van der Waals surface area (Å²) >= 11 is 0. The summed E-state index contributed by atoms with van der Waals surface area (Å²) in [6, 6.07) is 1.42. The van der Waals surface area contributed by atoms with Crippen LogP contribution in [0.15, 0.2) is 34.2 Å². The van der Waals surface area contributed by atoms with E-state index in [1.54, 1.807) is 6.20 Å². The highest BCUT2D eigenvalue weighted by Gasteiger charge is 2.06. The molecule has 0 amide bonds. The summed E-state index contributed by atoms with van der Waals surface area (Å²) in [5.74, 6) is 0.855. The average Bonchev–Trinajstić information content (AvgIpc) is 2.75. The quantitative estimate of drug-likeness (QED) is 0.765. The molecule has 2 heterocycles. The first-order valence-electron chi connectivity index (χ1n) is 5.90. The highest BCUT2D eigenvalue weighted by molar-refractivity contribution is 4.92. The van der Waals surface area contributed by atoms with Gasteiger partial charge in [0, 0.05) is 51.2 Å². The lowest BCUT2D eigenvalue weighted by atomic mass is 10.4. The zero-order valence-electron chi connectivity index (χ0n) is 10.5. The first kappa shape index (κ1) is 12.3. The van der Waals surface area contributed by atoms with E-state index in [4.69, 9.17) is 0 Å². The molecule has 0 fully saturated rings. The summed E-state index contributed by atoms with van der Waals surface area (Å²) in [5.41, 5.74) is -0.530. The summed E-state index contributed by atoms with van der Waals surface area (Å²) < 4.78 is 4.64. The van der Waals surface area contributed by atoms with Crippen LogP contribution in [-0.2, 0) is 26.6 Å². The van der Waals surface area contributed by atoms with Crippen LogP contribution in [0.5, 0.6) is 0 Å². The smallest absolute Gasteiger partial charge is 0.330 e. The van der Waals surface area contributed by atoms with Crippen LogP contribution in [0.4, 0.5) is 0 Å². The molecular formula is C12H16N4O2. The van der Waals surface area contributed by atoms with Crippen LogP contribution in [0, 0.1) is 0 Å². The summed E-state index contributed by atoms with van der Waals surface area (Å²) in [4.78, 5) is 27.8. The van der Waals surface area contributed by atoms with Crippen molar-refractivity contribution < 1.29 is 0 Å². The van der Waals surface area contributed by atoms with Crippen molar-refractivity contribution in [2.45, 2.75) is 26.4 Å². The molecule has 2 aromatic rings. The van der Waals surface area contributed by atoms with Gasteiger partial charge in [-0.1, -0.05) is 0 Å². The molecule has 0 aliphatic rings. The van der Waals surface area contributed by atoms with Crippen molar-refractivity contribution >= 4 is 0 Å². The minimum Gasteiger partial charge on any atom is -0.338 e. The first-order chi connectivity index (χ1) is 8.63. The van der Waals surface area contributed by atoms with E-state index < -0.39 is 0 Å². The highest BCUT2D eigenvalue weighted by atomic mass is 16.2. The minimum absolute atomic E-state index is 0.265. The molecule has 6 nitrogen and oxygen atoms in total. The summed E-state index contributed by atoms with van der Waals surface area (Å²) in [6.07, 6.45) is 5.63. The molecule has 0 bridgehead atoms. The Morgan fingerprint density at radius 2 is 2.06 bits per heavy atom. The van der Waals surface area contributed by atoms with Crippen LogP contribution in [-0.4, -0.2) is 18.7 Å². The third-order valence-electron chi connectivity index (χ3n) is 2.96. The summed E-state index contributed by atoms with van der Waals surface area (Å²) in [7, 11) is 1.89. The van der Waals surface area contributed by atoms with Gasteiger partial charge in [0.05, 0.1) is 0 Å². The molecule has 0 saturated carbocycles. The monoisotopic (exact) mass is 248 g/mol. The maximum absolute atomic E-state index is 12.0. The Balaban J connectivity index is 2.27. The van der Waals surface area contributed by atoms with Gasteiger partial charge >= 0.3 is 5.69 Å². The molecule has 0 saturated heterocycles. The van der Waals surface area contributed by atoms with E-state index >= 15 is 0 Å². The number of hydrogen-bond donors (Lipinski definition) is 0. The zero-order valence-corrected chi connectivity index (χ0v) is 10.5. The van der Waals surface area contributed by atoms with Crippen LogP contribution in [0.25, 0.3) is 0 Å². The predicted molar refractivity (Wildman–Crippen MR) is 67.5 cm³/mol. The van der Waals surface area contributed by atoms with Crippen molar-refractivity contribution in [1.82, 2.24) is 18.7 Å². The normalized spacial score (nSPS) is 10.8. The maximum atomic E-state index is 12.0. The van der Waals surface area contributed by atoms with Crippen LogP contribution < -0.4 is 11.2 Å². The molecule has 0 aliphatic carbocycles. The number of nitrogens with zero attached hydrogens (tertiary/aromatic N) is 4. The third-order valence-corrected chi connectivity index (χ3v) is 2.96. The van der Waals surface area contributed by atoms with E-state index in [-0.39, 0.29) is 11.2 Å². The van der Waals surface area contributed by atoms with Crippen molar-refractivity contribution in [3.8, 4) is 0 Å². The highest BCUT2D eigenvalue weighted by Crippen LogP contribution is 1.96. The van der Waals surface area contributed by atoms with E-state index in [9.17, 15) is 9.59 Å². The van der Waals surface area contributed by atoms with Crippen molar-refractivity contribution in [3.05, 3.63) is 51.3 Å². The van der Waals surface area contributed by atoms with Crippen molar-refractivity contribution in [3.63, 3.8) is 0 Å². The van der Waals surface area contributed by atoms with Gasteiger partial charge in [-0.2, -0.15) is 0 Å². The summed E-state index contributed by atoms with van der Waals surface area (Å²) in [5, 5.41) is 0. The molecule has 0 radical (unpaired) electrons. The molecule has 2 rings (SSSR count). The van der Waals surface area contributed by atoms with E-state index in [2.05, 4.69) is 4.98 Å². The van der Waals surface area contributed by atoms with Crippen LogP contribution in [0.3, 0.4) is 0 Å². The van der Waals surface area contributed by atoms with Crippen molar-refractivity contribution in [1.29, 1.82) is 0 Å². The predicted octanol–water partition coefficient (Wildman–Crippen LogP) is 0.00610. The third kappa shape index (κ3) is 2.27. The minimum atomic E-state index is -0.265. The molecule has 0 N–H and O–H groups in total. The Bertz CT molecular complexity index is 651. The van der Waals surface area contributed by atoms with Crippen LogP contribution >= 0.6 is 0 Å². The van der Waals surface area contributed by atoms with Gasteiger partial charge in [-0.15, -0.1) is 0 Å². The van der Waals surface area contributed by atoms with Gasteiger partial charge in [-0.25, -0.2) is 9.78 Å². The van der Waals surface area contributed by atoms with Crippen molar-refractivity contribution in [2.24, 2.45) is 7.05 Å². The van der Waals surface area contributed by atoms with Crippen LogP contribution in [0.1, 0.15) is 12.7 Å². The lowest BCUT2D eigenvalue weighted by molar-refractivity contribution is 0.552. The van der Waals surface area contributed by atoms with Gasteiger partial charge in [0.15, 0.2) is 0 Å². The number of aromatic nitrogens is 4. The molecule has 0 spiro atoms. The second kappa shape index (κ2) is 5.03. The van der Waals surface area contributed by atoms with E-state index in [1.165, 1.54) is 21.4 Å². The topological polar surface area (TPSA) is 61.8 Å². The van der Waals surface area contributed by atoms with E-state index in [1.807, 2.05) is 24.7 Å².